The lowest BCUT2D eigenvalue weighted by Gasteiger charge is -2.13. The highest BCUT2D eigenvalue weighted by molar-refractivity contribution is 4.80. The minimum atomic E-state index is -0.219. The van der Waals surface area contributed by atoms with Gasteiger partial charge < -0.3 is 9.47 Å². The van der Waals surface area contributed by atoms with Gasteiger partial charge in [-0.2, -0.15) is 0 Å². The second-order valence-corrected chi connectivity index (χ2v) is 2.45. The average Bonchev–Trinajstić information content (AvgIpc) is 2.17. The van der Waals surface area contributed by atoms with Crippen LogP contribution in [-0.4, -0.2) is 6.29 Å². The van der Waals surface area contributed by atoms with Crippen LogP contribution in [0, 0.1) is 0 Å². The van der Waals surface area contributed by atoms with Gasteiger partial charge in [-0.25, -0.2) is 0 Å². The van der Waals surface area contributed by atoms with E-state index in [1.807, 2.05) is 45.1 Å². The van der Waals surface area contributed by atoms with Gasteiger partial charge in [-0.15, -0.1) is 0 Å². The first-order chi connectivity index (χ1) is 6.35. The Morgan fingerprint density at radius 1 is 0.923 bits per heavy atom. The molecule has 74 valence electrons. The van der Waals surface area contributed by atoms with Gasteiger partial charge in [0.05, 0.1) is 12.5 Å². The third-order valence-corrected chi connectivity index (χ3v) is 1.30. The second kappa shape index (κ2) is 8.91. The van der Waals surface area contributed by atoms with Gasteiger partial charge in [-0.3, -0.25) is 0 Å². The van der Waals surface area contributed by atoms with E-state index in [-0.39, 0.29) is 6.29 Å². The van der Waals surface area contributed by atoms with E-state index in [0.717, 1.165) is 6.42 Å². The fourth-order valence-electron chi connectivity index (χ4n) is 0.723. The molecule has 0 unspecified atom stereocenters. The summed E-state index contributed by atoms with van der Waals surface area (Å²) in [5, 5.41) is 0. The van der Waals surface area contributed by atoms with Gasteiger partial charge in [-0.1, -0.05) is 24.3 Å². The highest BCUT2D eigenvalue weighted by Gasteiger charge is 2.02. The summed E-state index contributed by atoms with van der Waals surface area (Å²) in [5.74, 6) is 0. The molecule has 0 aromatic heterocycles. The van der Waals surface area contributed by atoms with Crippen molar-refractivity contribution in [2.24, 2.45) is 0 Å². The number of rotatable bonds is 6. The summed E-state index contributed by atoms with van der Waals surface area (Å²) in [7, 11) is 0. The Bertz CT molecular complexity index is 147. The van der Waals surface area contributed by atoms with Gasteiger partial charge in [0.1, 0.15) is 0 Å². The van der Waals surface area contributed by atoms with Crippen LogP contribution in [0.2, 0.25) is 0 Å². The number of hydrogen-bond acceptors (Lipinski definition) is 2. The van der Waals surface area contributed by atoms with Crippen molar-refractivity contribution in [3.8, 4) is 0 Å². The summed E-state index contributed by atoms with van der Waals surface area (Å²) in [6.07, 6.45) is 11.5. The molecule has 0 spiro atoms. The zero-order valence-corrected chi connectivity index (χ0v) is 8.57. The van der Waals surface area contributed by atoms with E-state index in [1.165, 1.54) is 0 Å². The molecule has 0 radical (unpaired) electrons. The quantitative estimate of drug-likeness (QED) is 0.356. The van der Waals surface area contributed by atoms with Gasteiger partial charge in [-0.05, 0) is 20.8 Å². The zero-order valence-electron chi connectivity index (χ0n) is 8.57. The minimum absolute atomic E-state index is 0.219. The Kier molecular flexibility index (Phi) is 8.10. The lowest BCUT2D eigenvalue weighted by atomic mass is 10.4. The molecule has 0 aromatic rings. The summed E-state index contributed by atoms with van der Waals surface area (Å²) in [5.41, 5.74) is 0. The van der Waals surface area contributed by atoms with Gasteiger partial charge in [0, 0.05) is 6.42 Å². The molecule has 0 atom stereocenters. The average molecular weight is 182 g/mol. The molecule has 0 bridgehead atoms. The Hall–Kier alpha value is -1.18. The molecular formula is C11H18O2. The molecule has 0 aliphatic heterocycles. The SMILES string of the molecule is C/C=C/CC(O/C=C/C)O/C=C/C. The molecular weight excluding hydrogens is 164 g/mol. The monoisotopic (exact) mass is 182 g/mol. The van der Waals surface area contributed by atoms with Gasteiger partial charge in [0.25, 0.3) is 0 Å². The van der Waals surface area contributed by atoms with Crippen molar-refractivity contribution in [2.75, 3.05) is 0 Å². The predicted octanol–water partition coefficient (Wildman–Crippen LogP) is 3.38. The smallest absolute Gasteiger partial charge is 0.242 e. The van der Waals surface area contributed by atoms with Crippen LogP contribution in [0.5, 0.6) is 0 Å². The standard InChI is InChI=1S/C11H18O2/c1-4-7-8-11(12-9-5-2)13-10-6-3/h4-7,9-11H,8H2,1-3H3/b7-4+,9-5+,10-6+. The summed E-state index contributed by atoms with van der Waals surface area (Å²) in [6, 6.07) is 0. The molecule has 2 nitrogen and oxygen atoms in total. The first kappa shape index (κ1) is 11.8. The number of ether oxygens (including phenoxy) is 2. The lowest BCUT2D eigenvalue weighted by Crippen LogP contribution is -2.10. The number of allylic oxidation sites excluding steroid dienone is 3. The van der Waals surface area contributed by atoms with Gasteiger partial charge in [0.15, 0.2) is 0 Å². The number of hydrogen-bond donors (Lipinski definition) is 0. The minimum Gasteiger partial charge on any atom is -0.463 e. The predicted molar refractivity (Wildman–Crippen MR) is 55.0 cm³/mol. The topological polar surface area (TPSA) is 18.5 Å². The van der Waals surface area contributed by atoms with Crippen molar-refractivity contribution < 1.29 is 9.47 Å². The van der Waals surface area contributed by atoms with Crippen molar-refractivity contribution in [3.63, 3.8) is 0 Å². The molecule has 0 aromatic carbocycles. The maximum atomic E-state index is 5.29. The highest BCUT2D eigenvalue weighted by Crippen LogP contribution is 2.03. The van der Waals surface area contributed by atoms with Crippen molar-refractivity contribution in [2.45, 2.75) is 33.5 Å². The fraction of sp³-hybridized carbons (Fsp3) is 0.455. The zero-order chi connectivity index (χ0) is 9.94. The van der Waals surface area contributed by atoms with E-state index in [9.17, 15) is 0 Å². The fourth-order valence-corrected chi connectivity index (χ4v) is 0.723. The van der Waals surface area contributed by atoms with E-state index in [1.54, 1.807) is 12.5 Å². The van der Waals surface area contributed by atoms with Crippen LogP contribution in [0.15, 0.2) is 36.8 Å². The van der Waals surface area contributed by atoms with E-state index < -0.39 is 0 Å². The molecule has 2 heteroatoms. The van der Waals surface area contributed by atoms with E-state index in [2.05, 4.69) is 0 Å². The Labute approximate surface area is 80.5 Å². The van der Waals surface area contributed by atoms with Crippen LogP contribution >= 0.6 is 0 Å². The molecule has 0 heterocycles. The summed E-state index contributed by atoms with van der Waals surface area (Å²) < 4.78 is 10.6. The highest BCUT2D eigenvalue weighted by atomic mass is 16.7. The van der Waals surface area contributed by atoms with Crippen LogP contribution in [0.4, 0.5) is 0 Å². The van der Waals surface area contributed by atoms with Crippen molar-refractivity contribution >= 4 is 0 Å². The molecule has 0 aliphatic carbocycles. The molecule has 0 amide bonds. The summed E-state index contributed by atoms with van der Waals surface area (Å²) in [6.45, 7) is 5.78. The first-order valence-corrected chi connectivity index (χ1v) is 4.49. The maximum absolute atomic E-state index is 5.29. The van der Waals surface area contributed by atoms with E-state index >= 15 is 0 Å². The molecule has 0 N–H and O–H groups in total. The van der Waals surface area contributed by atoms with E-state index in [0.29, 0.717) is 0 Å². The Morgan fingerprint density at radius 2 is 1.46 bits per heavy atom. The first-order valence-electron chi connectivity index (χ1n) is 4.49. The summed E-state index contributed by atoms with van der Waals surface area (Å²) in [4.78, 5) is 0. The van der Waals surface area contributed by atoms with E-state index in [4.69, 9.17) is 9.47 Å². The summed E-state index contributed by atoms with van der Waals surface area (Å²) >= 11 is 0. The van der Waals surface area contributed by atoms with Crippen molar-refractivity contribution in [1.82, 2.24) is 0 Å². The van der Waals surface area contributed by atoms with Crippen LogP contribution in [0.3, 0.4) is 0 Å². The van der Waals surface area contributed by atoms with Crippen molar-refractivity contribution in [1.29, 1.82) is 0 Å². The van der Waals surface area contributed by atoms with Crippen LogP contribution in [0.1, 0.15) is 27.2 Å². The maximum Gasteiger partial charge on any atom is 0.242 e. The molecule has 0 saturated carbocycles. The van der Waals surface area contributed by atoms with Crippen LogP contribution in [-0.2, 0) is 9.47 Å². The third kappa shape index (κ3) is 7.19. The second-order valence-electron chi connectivity index (χ2n) is 2.45. The van der Waals surface area contributed by atoms with Gasteiger partial charge in [0.2, 0.25) is 6.29 Å². The normalized spacial score (nSPS) is 12.3. The molecule has 0 rings (SSSR count). The third-order valence-electron chi connectivity index (χ3n) is 1.30. The van der Waals surface area contributed by atoms with Gasteiger partial charge >= 0.3 is 0 Å². The molecule has 13 heavy (non-hydrogen) atoms. The largest absolute Gasteiger partial charge is 0.463 e. The van der Waals surface area contributed by atoms with Crippen LogP contribution < -0.4 is 0 Å². The Balaban J connectivity index is 3.86. The lowest BCUT2D eigenvalue weighted by molar-refractivity contribution is -0.0581. The molecule has 0 aliphatic rings. The van der Waals surface area contributed by atoms with Crippen molar-refractivity contribution in [3.05, 3.63) is 36.8 Å². The molecule has 0 saturated heterocycles. The molecule has 0 fully saturated rings. The van der Waals surface area contributed by atoms with Crippen LogP contribution in [0.25, 0.3) is 0 Å². The Morgan fingerprint density at radius 3 is 1.85 bits per heavy atom.